The van der Waals surface area contributed by atoms with Gasteiger partial charge in [-0.1, -0.05) is 0 Å². The summed E-state index contributed by atoms with van der Waals surface area (Å²) in [6.07, 6.45) is -11.3. The molecule has 0 radical (unpaired) electrons. The number of rotatable bonds is 16. The fourth-order valence-electron chi connectivity index (χ4n) is 7.09. The third-order valence-corrected chi connectivity index (χ3v) is 8.64. The normalized spacial score (nSPS) is 27.1. The molecule has 0 aromatic heterocycles. The molecule has 4 heterocycles. The molecule has 304 valence electrons. The standard InChI is InChI=1S/C12H8BN20O24/c34-22(35)5-1-18(30(50)51)9(14-5,26(42)43)13(10(27(44)45)15-6(23(36)37)2-19(10)31(52)53,11(28(46)47)16-7(24(38)39)3-20(11)32(54)55)12(29(48)49)17-8(25(40)41)4-21(12)33(56)57/h1-4,14-17H/q-1. The highest BCUT2D eigenvalue weighted by Crippen LogP contribution is 2.58. The van der Waals surface area contributed by atoms with E-state index in [0.29, 0.717) is 0 Å². The number of hydrazine groups is 4. The fraction of sp³-hybridized carbons (Fsp3) is 0.333. The minimum absolute atomic E-state index is 0.771. The van der Waals surface area contributed by atoms with E-state index in [1.165, 1.54) is 0 Å². The Morgan fingerprint density at radius 3 is 0.614 bits per heavy atom. The molecule has 0 saturated carbocycles. The third-order valence-electron chi connectivity index (χ3n) is 8.64. The molecule has 0 saturated heterocycles. The van der Waals surface area contributed by atoms with Crippen LogP contribution in [-0.4, -0.2) is 108 Å². The van der Waals surface area contributed by atoms with Crippen LogP contribution < -0.4 is 21.3 Å². The molecule has 4 unspecified atom stereocenters. The molecule has 4 N–H and O–H groups in total. The van der Waals surface area contributed by atoms with Crippen LogP contribution in [0.3, 0.4) is 0 Å². The van der Waals surface area contributed by atoms with E-state index in [2.05, 4.69) is 0 Å². The van der Waals surface area contributed by atoms with Gasteiger partial charge in [0.15, 0.2) is 44.9 Å². The van der Waals surface area contributed by atoms with Gasteiger partial charge in [-0.15, -0.1) is 0 Å². The molecular weight excluding hydrogens is 819 g/mol. The molecule has 0 fully saturated rings. The minimum atomic E-state index is -7.89. The van der Waals surface area contributed by atoms with Gasteiger partial charge in [-0.3, -0.25) is 40.5 Å². The molecule has 0 bridgehead atoms. The van der Waals surface area contributed by atoms with Gasteiger partial charge in [0.1, 0.15) is 0 Å². The molecule has 0 aromatic carbocycles. The molecule has 0 aliphatic carbocycles. The first-order valence-corrected chi connectivity index (χ1v) is 13.2. The van der Waals surface area contributed by atoms with Crippen LogP contribution in [-0.2, 0) is 0 Å². The van der Waals surface area contributed by atoms with Gasteiger partial charge < -0.3 is 40.5 Å². The molecule has 0 amide bonds. The first-order valence-electron chi connectivity index (χ1n) is 13.2. The minimum Gasteiger partial charge on any atom is -0.358 e. The summed E-state index contributed by atoms with van der Waals surface area (Å²) in [6, 6.07) is 0. The van der Waals surface area contributed by atoms with Crippen molar-refractivity contribution in [1.82, 2.24) is 41.3 Å². The van der Waals surface area contributed by atoms with Crippen LogP contribution in [0.2, 0.25) is 0 Å². The first kappa shape index (κ1) is 40.0. The van der Waals surface area contributed by atoms with E-state index in [-0.39, 0.29) is 0 Å². The third kappa shape index (κ3) is 4.47. The molecule has 0 aromatic rings. The average molecular weight is 827 g/mol. The predicted octanol–water partition coefficient (Wildman–Crippen LogP) is -6.00. The van der Waals surface area contributed by atoms with Crippen LogP contribution >= 0.6 is 0 Å². The quantitative estimate of drug-likeness (QED) is 0.0639. The zero-order chi connectivity index (χ0) is 43.7. The lowest BCUT2D eigenvalue weighted by Crippen LogP contribution is -3.08. The van der Waals surface area contributed by atoms with Gasteiger partial charge in [0.2, 0.25) is 0 Å². The summed E-state index contributed by atoms with van der Waals surface area (Å²) < 4.78 is 0. The molecule has 4 rings (SSSR count). The summed E-state index contributed by atoms with van der Waals surface area (Å²) in [5.74, 6) is -9.67. The lowest BCUT2D eigenvalue weighted by Gasteiger charge is -2.50. The number of hydrogen-bond acceptors (Lipinski definition) is 28. The van der Waals surface area contributed by atoms with E-state index in [1.807, 2.05) is 0 Å². The topological polar surface area (TPSA) is 579 Å². The van der Waals surface area contributed by atoms with Gasteiger partial charge in [0.05, 0.1) is 19.7 Å². The lowest BCUT2D eigenvalue weighted by atomic mass is 9.07. The SMILES string of the molecule is O=[N+]([O-])C1=CN([N+](=O)[O-])C([N+](=O)[O-])([B-](C2([N+](=O)[O-])NC([N+](=O)[O-])=CN2[N+](=O)[O-])(C2([N+](=O)[O-])NC([N+](=O)[O-])=CN2[N+](=O)[O-])C2([N+](=O)[O-])NC([N+](=O)[O-])=CN2[N+](=O)[O-])N1. The Labute approximate surface area is 300 Å². The number of hydrogen-bond donors (Lipinski definition) is 4. The zero-order valence-corrected chi connectivity index (χ0v) is 25.8. The Balaban J connectivity index is 2.72. The summed E-state index contributed by atoms with van der Waals surface area (Å²) in [4.78, 5) is 135. The van der Waals surface area contributed by atoms with Crippen molar-refractivity contribution < 1.29 is 59.5 Å². The second-order valence-electron chi connectivity index (χ2n) is 10.7. The molecule has 0 spiro atoms. The van der Waals surface area contributed by atoms with Gasteiger partial charge in [0.25, 0.3) is 0 Å². The maximum absolute atomic E-state index is 13.7. The zero-order valence-electron chi connectivity index (χ0n) is 25.8. The number of nitrogens with zero attached hydrogens (tertiary/aromatic N) is 16. The van der Waals surface area contributed by atoms with E-state index < -0.39 is 157 Å². The van der Waals surface area contributed by atoms with Crippen molar-refractivity contribution in [3.05, 3.63) is 169 Å². The second-order valence-corrected chi connectivity index (χ2v) is 10.7. The highest BCUT2D eigenvalue weighted by atomic mass is 16.7. The monoisotopic (exact) mass is 827 g/mol. The van der Waals surface area contributed by atoms with Crippen LogP contribution in [0.5, 0.6) is 0 Å². The highest BCUT2D eigenvalue weighted by molar-refractivity contribution is 6.89. The lowest BCUT2D eigenvalue weighted by molar-refractivity contribution is -0.782. The van der Waals surface area contributed by atoms with Crippen LogP contribution in [0.15, 0.2) is 48.1 Å². The predicted molar refractivity (Wildman–Crippen MR) is 153 cm³/mol. The van der Waals surface area contributed by atoms with E-state index in [4.69, 9.17) is 0 Å². The van der Waals surface area contributed by atoms with Gasteiger partial charge in [0, 0.05) is 0 Å². The van der Waals surface area contributed by atoms with Crippen molar-refractivity contribution in [1.29, 1.82) is 0 Å². The van der Waals surface area contributed by atoms with Crippen LogP contribution in [0.1, 0.15) is 0 Å². The van der Waals surface area contributed by atoms with Crippen molar-refractivity contribution >= 4 is 6.15 Å². The molecule has 44 nitrogen and oxygen atoms in total. The Bertz CT molecular complexity index is 1890. The van der Waals surface area contributed by atoms with Crippen LogP contribution in [0.25, 0.3) is 0 Å². The summed E-state index contributed by atoms with van der Waals surface area (Å²) >= 11 is 0. The first-order chi connectivity index (χ1) is 26.1. The van der Waals surface area contributed by atoms with Crippen molar-refractivity contribution in [2.45, 2.75) is 22.7 Å². The molecule has 4 atom stereocenters. The Morgan fingerprint density at radius 2 is 0.509 bits per heavy atom. The molecule has 45 heteroatoms. The van der Waals surface area contributed by atoms with Gasteiger partial charge in [-0.05, 0) is 39.7 Å². The van der Waals surface area contributed by atoms with E-state index in [0.717, 1.165) is 21.3 Å². The summed E-state index contributed by atoms with van der Waals surface area (Å²) in [5.41, 5.74) is -23.8. The summed E-state index contributed by atoms with van der Waals surface area (Å²) in [7, 11) is 0. The van der Waals surface area contributed by atoms with Gasteiger partial charge in [-0.25, -0.2) is 61.7 Å². The van der Waals surface area contributed by atoms with Gasteiger partial charge >= 0.3 is 52.2 Å². The van der Waals surface area contributed by atoms with E-state index >= 15 is 0 Å². The average Bonchev–Trinajstić information content (AvgIpc) is 3.87. The van der Waals surface area contributed by atoms with E-state index in [1.54, 1.807) is 0 Å². The Morgan fingerprint density at radius 1 is 0.351 bits per heavy atom. The largest absolute Gasteiger partial charge is 0.656 e. The van der Waals surface area contributed by atoms with Crippen LogP contribution in [0.4, 0.5) is 0 Å². The maximum atomic E-state index is 13.7. The summed E-state index contributed by atoms with van der Waals surface area (Å²) in [6.45, 7) is 0. The molecule has 4 aliphatic heterocycles. The van der Waals surface area contributed by atoms with Crippen molar-refractivity contribution in [3.8, 4) is 0 Å². The molecule has 4 aliphatic rings. The Kier molecular flexibility index (Phi) is 8.52. The number of nitro groups is 12. The maximum Gasteiger partial charge on any atom is 0.656 e. The fourth-order valence-corrected chi connectivity index (χ4v) is 7.09. The van der Waals surface area contributed by atoms with Crippen molar-refractivity contribution in [2.24, 2.45) is 0 Å². The van der Waals surface area contributed by atoms with Crippen molar-refractivity contribution in [2.75, 3.05) is 0 Å². The van der Waals surface area contributed by atoms with Crippen LogP contribution in [0, 0.1) is 121 Å². The number of nitrogens with one attached hydrogen (secondary N) is 4. The van der Waals surface area contributed by atoms with Gasteiger partial charge in [-0.2, -0.15) is 0 Å². The molecular formula is C12H8BN20O24-. The Hall–Kier alpha value is -9.78. The highest BCUT2D eigenvalue weighted by Gasteiger charge is 3.18. The molecule has 57 heavy (non-hydrogen) atoms. The van der Waals surface area contributed by atoms with E-state index in [9.17, 15) is 121 Å². The smallest absolute Gasteiger partial charge is 0.358 e. The second kappa shape index (κ2) is 12.1. The van der Waals surface area contributed by atoms with Crippen molar-refractivity contribution in [3.63, 3.8) is 0 Å². The summed E-state index contributed by atoms with van der Waals surface area (Å²) in [5, 5.41) is 141.